The number of alkyl halides is 2. The van der Waals surface area contributed by atoms with Crippen molar-refractivity contribution in [3.8, 4) is 0 Å². The standard InChI is InChI=1S/C20H24Cl2O2S2/c1-14-16(11-22)5-3-7-18(14)20(13-24,25-10-9-21)26-19-8-4-6-17(12-23)15(19)2/h3-8,23-24H,9-13H2,1-2H3. The molecule has 0 heterocycles. The summed E-state index contributed by atoms with van der Waals surface area (Å²) >= 11 is 15.3. The molecule has 0 aliphatic rings. The molecule has 0 aliphatic heterocycles. The van der Waals surface area contributed by atoms with Crippen LogP contribution in [0.1, 0.15) is 27.8 Å². The van der Waals surface area contributed by atoms with Crippen LogP contribution in [0.2, 0.25) is 0 Å². The van der Waals surface area contributed by atoms with Crippen molar-refractivity contribution in [2.24, 2.45) is 0 Å². The van der Waals surface area contributed by atoms with E-state index in [4.69, 9.17) is 23.2 Å². The van der Waals surface area contributed by atoms with Gasteiger partial charge in [0.2, 0.25) is 0 Å². The lowest BCUT2D eigenvalue weighted by Crippen LogP contribution is -2.25. The SMILES string of the molecule is Cc1c(CO)cccc1SC(CO)(SCCCl)c1cccc(CCl)c1C. The van der Waals surface area contributed by atoms with Crippen LogP contribution in [0.3, 0.4) is 0 Å². The van der Waals surface area contributed by atoms with Gasteiger partial charge in [-0.1, -0.05) is 30.3 Å². The fourth-order valence-corrected chi connectivity index (χ4v) is 6.22. The smallest absolute Gasteiger partial charge is 0.114 e. The third-order valence-electron chi connectivity index (χ3n) is 4.46. The molecule has 26 heavy (non-hydrogen) atoms. The highest BCUT2D eigenvalue weighted by molar-refractivity contribution is 8.17. The minimum Gasteiger partial charge on any atom is -0.394 e. The first kappa shape index (κ1) is 21.9. The second kappa shape index (κ2) is 10.3. The number of rotatable bonds is 9. The van der Waals surface area contributed by atoms with Gasteiger partial charge in [0, 0.05) is 22.4 Å². The monoisotopic (exact) mass is 430 g/mol. The van der Waals surface area contributed by atoms with Gasteiger partial charge in [-0.3, -0.25) is 0 Å². The summed E-state index contributed by atoms with van der Waals surface area (Å²) in [5, 5.41) is 20.0. The summed E-state index contributed by atoms with van der Waals surface area (Å²) in [5.41, 5.74) is 5.16. The van der Waals surface area contributed by atoms with Crippen molar-refractivity contribution in [1.82, 2.24) is 0 Å². The molecule has 0 spiro atoms. The maximum Gasteiger partial charge on any atom is 0.114 e. The van der Waals surface area contributed by atoms with Crippen LogP contribution in [0.15, 0.2) is 41.3 Å². The Balaban J connectivity index is 2.56. The third-order valence-corrected chi connectivity index (χ3v) is 8.33. The van der Waals surface area contributed by atoms with E-state index in [1.54, 1.807) is 23.5 Å². The fraction of sp³-hybridized carbons (Fsp3) is 0.400. The van der Waals surface area contributed by atoms with E-state index in [2.05, 4.69) is 13.0 Å². The molecule has 0 radical (unpaired) electrons. The van der Waals surface area contributed by atoms with Crippen LogP contribution < -0.4 is 0 Å². The summed E-state index contributed by atoms with van der Waals surface area (Å²) in [4.78, 5) is 1.04. The predicted molar refractivity (Wildman–Crippen MR) is 116 cm³/mol. The van der Waals surface area contributed by atoms with Gasteiger partial charge >= 0.3 is 0 Å². The van der Waals surface area contributed by atoms with Crippen molar-refractivity contribution >= 4 is 46.7 Å². The van der Waals surface area contributed by atoms with Gasteiger partial charge < -0.3 is 10.2 Å². The molecule has 0 aromatic heterocycles. The first-order valence-corrected chi connectivity index (χ1v) is 11.2. The first-order chi connectivity index (χ1) is 12.5. The fourth-order valence-electron chi connectivity index (χ4n) is 2.89. The Morgan fingerprint density at radius 3 is 2.27 bits per heavy atom. The summed E-state index contributed by atoms with van der Waals surface area (Å²) in [6.45, 7) is 4.02. The molecule has 1 unspecified atom stereocenters. The zero-order chi connectivity index (χ0) is 19.2. The van der Waals surface area contributed by atoms with Crippen LogP contribution in [-0.2, 0) is 16.6 Å². The molecule has 2 N–H and O–H groups in total. The maximum absolute atomic E-state index is 10.5. The Morgan fingerprint density at radius 1 is 0.962 bits per heavy atom. The normalized spacial score (nSPS) is 13.6. The van der Waals surface area contributed by atoms with Crippen LogP contribution >= 0.6 is 46.7 Å². The van der Waals surface area contributed by atoms with E-state index in [0.29, 0.717) is 11.8 Å². The molecule has 0 saturated carbocycles. The van der Waals surface area contributed by atoms with Crippen LogP contribution in [0, 0.1) is 13.8 Å². The third kappa shape index (κ3) is 4.73. The number of benzene rings is 2. The molecule has 0 aliphatic carbocycles. The highest BCUT2D eigenvalue weighted by Gasteiger charge is 2.36. The van der Waals surface area contributed by atoms with Gasteiger partial charge in [0.25, 0.3) is 0 Å². The van der Waals surface area contributed by atoms with Crippen molar-refractivity contribution in [2.75, 3.05) is 18.2 Å². The van der Waals surface area contributed by atoms with E-state index in [9.17, 15) is 10.2 Å². The summed E-state index contributed by atoms with van der Waals surface area (Å²) in [5.74, 6) is 1.67. The van der Waals surface area contributed by atoms with E-state index >= 15 is 0 Å². The molecular formula is C20H24Cl2O2S2. The predicted octanol–water partition coefficient (Wildman–Crippen LogP) is 5.44. The van der Waals surface area contributed by atoms with E-state index in [0.717, 1.165) is 38.5 Å². The van der Waals surface area contributed by atoms with Gasteiger partial charge in [0.1, 0.15) is 4.08 Å². The van der Waals surface area contributed by atoms with Crippen LogP contribution in [0.25, 0.3) is 0 Å². The Morgan fingerprint density at radius 2 is 1.65 bits per heavy atom. The summed E-state index contributed by atoms with van der Waals surface area (Å²) in [6, 6.07) is 12.0. The van der Waals surface area contributed by atoms with Gasteiger partial charge in [-0.15, -0.1) is 46.7 Å². The van der Waals surface area contributed by atoms with Crippen molar-refractivity contribution in [2.45, 2.75) is 35.3 Å². The number of aliphatic hydroxyl groups is 2. The molecule has 2 aromatic carbocycles. The van der Waals surface area contributed by atoms with Crippen molar-refractivity contribution in [1.29, 1.82) is 0 Å². The lowest BCUT2D eigenvalue weighted by Gasteiger charge is -2.34. The van der Waals surface area contributed by atoms with Crippen LogP contribution in [0.5, 0.6) is 0 Å². The molecule has 0 amide bonds. The summed E-state index contributed by atoms with van der Waals surface area (Å²) < 4.78 is -0.583. The Bertz CT molecular complexity index is 740. The van der Waals surface area contributed by atoms with Gasteiger partial charge in [-0.25, -0.2) is 0 Å². The first-order valence-electron chi connectivity index (χ1n) is 8.37. The summed E-state index contributed by atoms with van der Waals surface area (Å²) in [7, 11) is 0. The van der Waals surface area contributed by atoms with Gasteiger partial charge in [0.05, 0.1) is 13.2 Å². The summed E-state index contributed by atoms with van der Waals surface area (Å²) in [6.07, 6.45) is 0. The van der Waals surface area contributed by atoms with E-state index in [-0.39, 0.29) is 13.2 Å². The lowest BCUT2D eigenvalue weighted by molar-refractivity contribution is 0.280. The van der Waals surface area contributed by atoms with Crippen LogP contribution in [0.4, 0.5) is 0 Å². The molecule has 2 rings (SSSR count). The number of aliphatic hydroxyl groups excluding tert-OH is 2. The molecule has 2 nitrogen and oxygen atoms in total. The second-order valence-corrected chi connectivity index (χ2v) is 9.61. The van der Waals surface area contributed by atoms with Crippen LogP contribution in [-0.4, -0.2) is 28.5 Å². The van der Waals surface area contributed by atoms with E-state index < -0.39 is 4.08 Å². The molecule has 0 fully saturated rings. The second-order valence-electron chi connectivity index (χ2n) is 5.97. The van der Waals surface area contributed by atoms with Crippen molar-refractivity contribution < 1.29 is 10.2 Å². The number of thioether (sulfide) groups is 2. The Kier molecular flexibility index (Phi) is 8.65. The van der Waals surface area contributed by atoms with Crippen molar-refractivity contribution in [3.05, 3.63) is 64.2 Å². The minimum atomic E-state index is -0.583. The molecule has 1 atom stereocenters. The van der Waals surface area contributed by atoms with Gasteiger partial charge in [0.15, 0.2) is 0 Å². The highest BCUT2D eigenvalue weighted by atomic mass is 35.5. The largest absolute Gasteiger partial charge is 0.394 e. The Hall–Kier alpha value is -0.360. The quantitative estimate of drug-likeness (QED) is 0.315. The molecule has 2 aromatic rings. The number of hydrogen-bond donors (Lipinski definition) is 2. The molecular weight excluding hydrogens is 407 g/mol. The zero-order valence-corrected chi connectivity index (χ0v) is 18.1. The molecule has 0 bridgehead atoms. The number of hydrogen-bond acceptors (Lipinski definition) is 4. The highest BCUT2D eigenvalue weighted by Crippen LogP contribution is 2.52. The molecule has 142 valence electrons. The maximum atomic E-state index is 10.5. The average Bonchev–Trinajstić information content (AvgIpc) is 2.67. The van der Waals surface area contributed by atoms with E-state index in [1.165, 1.54) is 0 Å². The van der Waals surface area contributed by atoms with Crippen molar-refractivity contribution in [3.63, 3.8) is 0 Å². The number of halogens is 2. The van der Waals surface area contributed by atoms with Gasteiger partial charge in [-0.05, 0) is 47.7 Å². The van der Waals surface area contributed by atoms with Gasteiger partial charge in [-0.2, -0.15) is 0 Å². The minimum absolute atomic E-state index is 0.00193. The zero-order valence-electron chi connectivity index (χ0n) is 15.0. The lowest BCUT2D eigenvalue weighted by atomic mass is 10.0. The topological polar surface area (TPSA) is 40.5 Å². The average molecular weight is 431 g/mol. The van der Waals surface area contributed by atoms with E-state index in [1.807, 2.05) is 37.3 Å². The molecule has 0 saturated heterocycles. The molecule has 6 heteroatoms. The Labute approximate surface area is 174 Å².